The normalized spacial score (nSPS) is 15.7. The van der Waals surface area contributed by atoms with E-state index in [0.717, 1.165) is 33.6 Å². The number of esters is 1. The first kappa shape index (κ1) is 25.6. The molecule has 2 aromatic carbocycles. The van der Waals surface area contributed by atoms with Crippen molar-refractivity contribution in [1.29, 1.82) is 0 Å². The van der Waals surface area contributed by atoms with Crippen LogP contribution in [0.15, 0.2) is 57.5 Å². The van der Waals surface area contributed by atoms with Gasteiger partial charge in [-0.2, -0.15) is 0 Å². The molecule has 1 atom stereocenters. The number of hydrogen-bond donors (Lipinski definition) is 0. The summed E-state index contributed by atoms with van der Waals surface area (Å²) < 4.78 is 13.1. The average Bonchev–Trinajstić information content (AvgIpc) is 3.14. The highest BCUT2D eigenvalue weighted by Gasteiger charge is 2.33. The molecule has 2 heterocycles. The van der Waals surface area contributed by atoms with Gasteiger partial charge in [-0.05, 0) is 74.1 Å². The van der Waals surface area contributed by atoms with Crippen LogP contribution >= 0.6 is 11.3 Å². The maximum absolute atomic E-state index is 13.8. The first-order valence-electron chi connectivity index (χ1n) is 12.1. The number of ether oxygens (including phenoxy) is 2. The van der Waals surface area contributed by atoms with Crippen molar-refractivity contribution in [3.05, 3.63) is 95.2 Å². The number of carbonyl (C=O) groups excluding carboxylic acids is 1. The van der Waals surface area contributed by atoms with Crippen LogP contribution < -0.4 is 19.6 Å². The zero-order valence-corrected chi connectivity index (χ0v) is 22.7. The van der Waals surface area contributed by atoms with Crippen molar-refractivity contribution in [2.45, 2.75) is 53.5 Å². The van der Waals surface area contributed by atoms with Gasteiger partial charge in [-0.25, -0.2) is 9.79 Å². The lowest BCUT2D eigenvalue weighted by Crippen LogP contribution is -2.39. The van der Waals surface area contributed by atoms with Crippen molar-refractivity contribution >= 4 is 23.4 Å². The topological polar surface area (TPSA) is 69.9 Å². The van der Waals surface area contributed by atoms with Gasteiger partial charge >= 0.3 is 5.97 Å². The highest BCUT2D eigenvalue weighted by Crippen LogP contribution is 2.32. The number of aromatic nitrogens is 1. The Morgan fingerprint density at radius 2 is 1.86 bits per heavy atom. The van der Waals surface area contributed by atoms with Gasteiger partial charge in [0.05, 0.1) is 35.6 Å². The van der Waals surface area contributed by atoms with Crippen LogP contribution in [0.2, 0.25) is 0 Å². The molecule has 0 amide bonds. The summed E-state index contributed by atoms with van der Waals surface area (Å²) in [5, 5.41) is 0. The average molecular weight is 505 g/mol. The third kappa shape index (κ3) is 4.67. The number of carbonyl (C=O) groups is 1. The molecule has 0 radical (unpaired) electrons. The summed E-state index contributed by atoms with van der Waals surface area (Å²) in [4.78, 5) is 32.1. The third-order valence-corrected chi connectivity index (χ3v) is 7.42. The molecule has 36 heavy (non-hydrogen) atoms. The highest BCUT2D eigenvalue weighted by molar-refractivity contribution is 7.07. The molecule has 0 bridgehead atoms. The van der Waals surface area contributed by atoms with Crippen molar-refractivity contribution in [3.8, 4) is 5.75 Å². The Morgan fingerprint density at radius 3 is 2.47 bits per heavy atom. The smallest absolute Gasteiger partial charge is 0.338 e. The molecule has 0 N–H and O–H groups in total. The van der Waals surface area contributed by atoms with E-state index >= 15 is 0 Å². The van der Waals surface area contributed by atoms with E-state index in [0.29, 0.717) is 20.6 Å². The molecule has 0 spiro atoms. The van der Waals surface area contributed by atoms with Gasteiger partial charge in [-0.3, -0.25) is 9.36 Å². The number of nitrogens with zero attached hydrogens (tertiary/aromatic N) is 2. The van der Waals surface area contributed by atoms with Crippen LogP contribution in [0.5, 0.6) is 5.75 Å². The fourth-order valence-corrected chi connectivity index (χ4v) is 5.53. The Balaban J connectivity index is 1.96. The monoisotopic (exact) mass is 504 g/mol. The van der Waals surface area contributed by atoms with Gasteiger partial charge in [0.2, 0.25) is 0 Å². The van der Waals surface area contributed by atoms with Crippen molar-refractivity contribution < 1.29 is 14.3 Å². The van der Waals surface area contributed by atoms with Crippen LogP contribution in [0.25, 0.3) is 6.08 Å². The van der Waals surface area contributed by atoms with E-state index in [-0.39, 0.29) is 18.1 Å². The molecule has 3 aromatic rings. The molecule has 188 valence electrons. The third-order valence-electron chi connectivity index (χ3n) is 6.44. The van der Waals surface area contributed by atoms with E-state index in [2.05, 4.69) is 24.9 Å². The largest absolute Gasteiger partial charge is 0.496 e. The molecule has 0 saturated heterocycles. The van der Waals surface area contributed by atoms with Crippen LogP contribution in [-0.4, -0.2) is 24.3 Å². The molecule has 0 unspecified atom stereocenters. The lowest BCUT2D eigenvalue weighted by Gasteiger charge is -2.24. The SMILES string of the molecule is CCOC(=O)C1=C(C)N=c2s/c(=C/c3cc(C(C)C)c(OC)cc3C)c(=O)n2[C@@H]1c1ccc(C)cc1. The molecule has 7 heteroatoms. The number of fused-ring (bicyclic) bond motifs is 1. The lowest BCUT2D eigenvalue weighted by atomic mass is 9.95. The summed E-state index contributed by atoms with van der Waals surface area (Å²) in [6, 6.07) is 11.4. The summed E-state index contributed by atoms with van der Waals surface area (Å²) in [5.74, 6) is 0.659. The summed E-state index contributed by atoms with van der Waals surface area (Å²) in [6.07, 6.45) is 1.92. The molecular formula is C29H32N2O4S. The van der Waals surface area contributed by atoms with Crippen LogP contribution in [0.3, 0.4) is 0 Å². The van der Waals surface area contributed by atoms with Gasteiger partial charge in [0.1, 0.15) is 5.75 Å². The molecule has 6 nitrogen and oxygen atoms in total. The number of benzene rings is 2. The molecule has 1 aromatic heterocycles. The molecular weight excluding hydrogens is 472 g/mol. The molecule has 4 rings (SSSR count). The van der Waals surface area contributed by atoms with Gasteiger partial charge in [-0.15, -0.1) is 0 Å². The first-order chi connectivity index (χ1) is 17.2. The second-order valence-electron chi connectivity index (χ2n) is 9.32. The first-order valence-corrected chi connectivity index (χ1v) is 12.9. The Kier molecular flexibility index (Phi) is 7.31. The number of thiazole rings is 1. The minimum atomic E-state index is -0.605. The van der Waals surface area contributed by atoms with Crippen LogP contribution in [0, 0.1) is 13.8 Å². The van der Waals surface area contributed by atoms with Crippen molar-refractivity contribution in [3.63, 3.8) is 0 Å². The van der Waals surface area contributed by atoms with Gasteiger partial charge in [0.15, 0.2) is 4.80 Å². The Bertz CT molecular complexity index is 1520. The lowest BCUT2D eigenvalue weighted by molar-refractivity contribution is -0.139. The summed E-state index contributed by atoms with van der Waals surface area (Å²) in [5.41, 5.74) is 5.77. The van der Waals surface area contributed by atoms with E-state index in [1.165, 1.54) is 11.3 Å². The van der Waals surface area contributed by atoms with Gasteiger partial charge in [0, 0.05) is 0 Å². The minimum absolute atomic E-state index is 0.181. The summed E-state index contributed by atoms with van der Waals surface area (Å²) >= 11 is 1.33. The predicted octanol–water partition coefficient (Wildman–Crippen LogP) is 4.55. The van der Waals surface area contributed by atoms with E-state index in [9.17, 15) is 9.59 Å². The zero-order valence-electron chi connectivity index (χ0n) is 21.8. The van der Waals surface area contributed by atoms with Crippen molar-refractivity contribution in [1.82, 2.24) is 4.57 Å². The fraction of sp³-hybridized carbons (Fsp3) is 0.345. The Hall–Kier alpha value is -3.45. The van der Waals surface area contributed by atoms with Crippen molar-refractivity contribution in [2.75, 3.05) is 13.7 Å². The standard InChI is InChI=1S/C29H32N2O4S/c1-8-35-28(33)25-19(6)30-29-31(26(25)20-11-9-17(4)10-12-20)27(32)24(36-29)15-21-14-22(16(2)3)23(34-7)13-18(21)5/h9-16,26H,8H2,1-7H3/b24-15+/t26-/m1/s1. The van der Waals surface area contributed by atoms with Crippen molar-refractivity contribution in [2.24, 2.45) is 4.99 Å². The van der Waals surface area contributed by atoms with Crippen LogP contribution in [-0.2, 0) is 9.53 Å². The molecule has 1 aliphatic heterocycles. The highest BCUT2D eigenvalue weighted by atomic mass is 32.1. The Labute approximate surface area is 215 Å². The second-order valence-corrected chi connectivity index (χ2v) is 10.3. The number of aryl methyl sites for hydroxylation is 2. The quantitative estimate of drug-likeness (QED) is 0.462. The van der Waals surface area contributed by atoms with Crippen LogP contribution in [0.1, 0.15) is 67.5 Å². The summed E-state index contributed by atoms with van der Waals surface area (Å²) in [7, 11) is 1.67. The maximum atomic E-state index is 13.8. The molecule has 0 fully saturated rings. The van der Waals surface area contributed by atoms with Gasteiger partial charge < -0.3 is 9.47 Å². The number of hydrogen-bond acceptors (Lipinski definition) is 6. The van der Waals surface area contributed by atoms with Gasteiger partial charge in [-0.1, -0.05) is 55.0 Å². The predicted molar refractivity (Wildman–Crippen MR) is 143 cm³/mol. The number of allylic oxidation sites excluding steroid dienone is 1. The fourth-order valence-electron chi connectivity index (χ4n) is 4.50. The van der Waals surface area contributed by atoms with E-state index in [1.54, 1.807) is 25.5 Å². The molecule has 0 saturated carbocycles. The maximum Gasteiger partial charge on any atom is 0.338 e. The zero-order chi connectivity index (χ0) is 26.1. The van der Waals surface area contributed by atoms with Crippen LogP contribution in [0.4, 0.5) is 0 Å². The Morgan fingerprint density at radius 1 is 1.17 bits per heavy atom. The minimum Gasteiger partial charge on any atom is -0.496 e. The number of rotatable bonds is 6. The van der Waals surface area contributed by atoms with E-state index in [4.69, 9.17) is 9.47 Å². The van der Waals surface area contributed by atoms with E-state index in [1.807, 2.05) is 50.3 Å². The second kappa shape index (κ2) is 10.3. The number of methoxy groups -OCH3 is 1. The summed E-state index contributed by atoms with van der Waals surface area (Å²) in [6.45, 7) is 12.1. The van der Waals surface area contributed by atoms with Gasteiger partial charge in [0.25, 0.3) is 5.56 Å². The van der Waals surface area contributed by atoms with E-state index < -0.39 is 12.0 Å². The molecule has 0 aliphatic carbocycles. The molecule has 1 aliphatic rings.